The molecule has 0 aliphatic heterocycles. The number of rotatable bonds is 7. The van der Waals surface area contributed by atoms with E-state index in [0.717, 1.165) is 6.26 Å². The lowest BCUT2D eigenvalue weighted by Crippen LogP contribution is -2.41. The molecule has 1 atom stereocenters. The SMILES string of the molecule is CS(=O)(=O)CCCNC(=O)N[C@@H](C(=O)O)c1ccccc1. The number of sulfone groups is 1. The fourth-order valence-corrected chi connectivity index (χ4v) is 2.32. The summed E-state index contributed by atoms with van der Waals surface area (Å²) < 4.78 is 21.8. The maximum atomic E-state index is 11.6. The number of amides is 2. The standard InChI is InChI=1S/C13H18N2O5S/c1-21(19,20)9-5-8-14-13(18)15-11(12(16)17)10-6-3-2-4-7-10/h2-4,6-7,11H,5,8-9H2,1H3,(H,16,17)(H2,14,15,18)/t11-/m1/s1. The van der Waals surface area contributed by atoms with Crippen LogP contribution < -0.4 is 10.6 Å². The van der Waals surface area contributed by atoms with E-state index in [4.69, 9.17) is 5.11 Å². The molecule has 0 fully saturated rings. The van der Waals surface area contributed by atoms with Crippen LogP contribution in [0.1, 0.15) is 18.0 Å². The second kappa shape index (κ2) is 7.63. The number of hydrogen-bond donors (Lipinski definition) is 3. The lowest BCUT2D eigenvalue weighted by atomic mass is 10.1. The number of carboxylic acids is 1. The van der Waals surface area contributed by atoms with Gasteiger partial charge in [0.15, 0.2) is 6.04 Å². The molecule has 0 heterocycles. The van der Waals surface area contributed by atoms with Gasteiger partial charge in [-0.15, -0.1) is 0 Å². The summed E-state index contributed by atoms with van der Waals surface area (Å²) in [5.74, 6) is -1.21. The van der Waals surface area contributed by atoms with E-state index in [9.17, 15) is 18.0 Å². The van der Waals surface area contributed by atoms with Gasteiger partial charge in [-0.05, 0) is 12.0 Å². The minimum atomic E-state index is -3.07. The molecule has 0 saturated heterocycles. The molecule has 0 aromatic heterocycles. The highest BCUT2D eigenvalue weighted by Crippen LogP contribution is 2.12. The van der Waals surface area contributed by atoms with Gasteiger partial charge >= 0.3 is 12.0 Å². The summed E-state index contributed by atoms with van der Waals surface area (Å²) in [4.78, 5) is 22.8. The van der Waals surface area contributed by atoms with Gasteiger partial charge in [0.2, 0.25) is 0 Å². The third-order valence-electron chi connectivity index (χ3n) is 2.63. The average molecular weight is 314 g/mol. The van der Waals surface area contributed by atoms with Crippen LogP contribution in [-0.4, -0.2) is 44.1 Å². The maximum Gasteiger partial charge on any atom is 0.330 e. The van der Waals surface area contributed by atoms with Crippen molar-refractivity contribution in [2.24, 2.45) is 0 Å². The van der Waals surface area contributed by atoms with Gasteiger partial charge in [-0.25, -0.2) is 18.0 Å². The van der Waals surface area contributed by atoms with Crippen molar-refractivity contribution in [3.63, 3.8) is 0 Å². The fourth-order valence-electron chi connectivity index (χ4n) is 1.65. The summed E-state index contributed by atoms with van der Waals surface area (Å²) in [6.45, 7) is 0.153. The normalized spacial score (nSPS) is 12.4. The van der Waals surface area contributed by atoms with Crippen molar-refractivity contribution in [1.82, 2.24) is 10.6 Å². The summed E-state index contributed by atoms with van der Waals surface area (Å²) in [7, 11) is -3.07. The number of carboxylic acid groups (broad SMARTS) is 1. The molecule has 0 unspecified atom stereocenters. The lowest BCUT2D eigenvalue weighted by Gasteiger charge is -2.15. The summed E-state index contributed by atoms with van der Waals surface area (Å²) in [6, 6.07) is 6.49. The summed E-state index contributed by atoms with van der Waals surface area (Å²) in [5, 5.41) is 13.9. The number of hydrogen-bond acceptors (Lipinski definition) is 4. The lowest BCUT2D eigenvalue weighted by molar-refractivity contribution is -0.139. The molecule has 1 rings (SSSR count). The highest BCUT2D eigenvalue weighted by atomic mass is 32.2. The summed E-state index contributed by atoms with van der Waals surface area (Å²) in [6.07, 6.45) is 1.39. The van der Waals surface area contributed by atoms with E-state index in [1.54, 1.807) is 30.3 Å². The Hall–Kier alpha value is -2.09. The van der Waals surface area contributed by atoms with Gasteiger partial charge in [-0.2, -0.15) is 0 Å². The minimum Gasteiger partial charge on any atom is -0.479 e. The number of aliphatic carboxylic acids is 1. The molecular formula is C13H18N2O5S. The first-order valence-electron chi connectivity index (χ1n) is 6.29. The summed E-state index contributed by atoms with van der Waals surface area (Å²) in [5.41, 5.74) is 0.455. The van der Waals surface area contributed by atoms with Crippen molar-refractivity contribution in [2.75, 3.05) is 18.6 Å². The molecule has 0 bridgehead atoms. The van der Waals surface area contributed by atoms with E-state index < -0.39 is 27.9 Å². The third kappa shape index (κ3) is 6.75. The zero-order valence-electron chi connectivity index (χ0n) is 11.6. The Bertz CT molecular complexity index is 586. The maximum absolute atomic E-state index is 11.6. The van der Waals surface area contributed by atoms with Crippen LogP contribution in [0.25, 0.3) is 0 Å². The van der Waals surface area contributed by atoms with Gasteiger partial charge in [0.25, 0.3) is 0 Å². The van der Waals surface area contributed by atoms with Gasteiger partial charge in [0.05, 0.1) is 5.75 Å². The summed E-state index contributed by atoms with van der Waals surface area (Å²) >= 11 is 0. The monoisotopic (exact) mass is 314 g/mol. The van der Waals surface area contributed by atoms with Gasteiger partial charge in [0, 0.05) is 12.8 Å². The Morgan fingerprint density at radius 1 is 1.24 bits per heavy atom. The molecule has 7 nitrogen and oxygen atoms in total. The van der Waals surface area contributed by atoms with Crippen molar-refractivity contribution >= 4 is 21.8 Å². The molecule has 1 aromatic carbocycles. The molecule has 1 aromatic rings. The van der Waals surface area contributed by atoms with E-state index in [-0.39, 0.29) is 18.7 Å². The second-order valence-corrected chi connectivity index (χ2v) is 6.83. The first kappa shape index (κ1) is 17.0. The molecule has 0 radical (unpaired) electrons. The van der Waals surface area contributed by atoms with Crippen LogP contribution >= 0.6 is 0 Å². The Kier molecular flexibility index (Phi) is 6.16. The fraction of sp³-hybridized carbons (Fsp3) is 0.385. The smallest absolute Gasteiger partial charge is 0.330 e. The molecule has 116 valence electrons. The van der Waals surface area contributed by atoms with E-state index in [1.165, 1.54) is 0 Å². The van der Waals surface area contributed by atoms with Crippen molar-refractivity contribution in [2.45, 2.75) is 12.5 Å². The Labute approximate surface area is 123 Å². The minimum absolute atomic E-state index is 0.0334. The number of urea groups is 1. The molecule has 0 aliphatic carbocycles. The predicted octanol–water partition coefficient (Wildman–Crippen LogP) is 0.546. The Balaban J connectivity index is 2.49. The van der Waals surface area contributed by atoms with Crippen LogP contribution in [-0.2, 0) is 14.6 Å². The van der Waals surface area contributed by atoms with Crippen molar-refractivity contribution in [3.05, 3.63) is 35.9 Å². The largest absolute Gasteiger partial charge is 0.479 e. The highest BCUT2D eigenvalue weighted by molar-refractivity contribution is 7.90. The molecule has 21 heavy (non-hydrogen) atoms. The van der Waals surface area contributed by atoms with Crippen LogP contribution in [0.2, 0.25) is 0 Å². The van der Waals surface area contributed by atoms with E-state index in [0.29, 0.717) is 5.56 Å². The average Bonchev–Trinajstić information content (AvgIpc) is 2.40. The Morgan fingerprint density at radius 2 is 1.86 bits per heavy atom. The van der Waals surface area contributed by atoms with Crippen LogP contribution in [0.15, 0.2) is 30.3 Å². The van der Waals surface area contributed by atoms with E-state index >= 15 is 0 Å². The topological polar surface area (TPSA) is 113 Å². The van der Waals surface area contributed by atoms with E-state index in [1.807, 2.05) is 0 Å². The van der Waals surface area contributed by atoms with Gasteiger partial charge in [0.1, 0.15) is 9.84 Å². The number of benzene rings is 1. The molecule has 0 saturated carbocycles. The second-order valence-electron chi connectivity index (χ2n) is 4.57. The van der Waals surface area contributed by atoms with Crippen LogP contribution in [0.3, 0.4) is 0 Å². The molecule has 0 spiro atoms. The first-order chi connectivity index (χ1) is 9.79. The number of nitrogens with one attached hydrogen (secondary N) is 2. The van der Waals surface area contributed by atoms with Gasteiger partial charge in [-0.3, -0.25) is 0 Å². The Morgan fingerprint density at radius 3 is 2.38 bits per heavy atom. The molecular weight excluding hydrogens is 296 g/mol. The highest BCUT2D eigenvalue weighted by Gasteiger charge is 2.21. The van der Waals surface area contributed by atoms with Gasteiger partial charge < -0.3 is 15.7 Å². The number of carbonyl (C=O) groups excluding carboxylic acids is 1. The van der Waals surface area contributed by atoms with Gasteiger partial charge in [-0.1, -0.05) is 30.3 Å². The first-order valence-corrected chi connectivity index (χ1v) is 8.35. The van der Waals surface area contributed by atoms with Crippen molar-refractivity contribution in [3.8, 4) is 0 Å². The van der Waals surface area contributed by atoms with Crippen molar-refractivity contribution in [1.29, 1.82) is 0 Å². The molecule has 3 N–H and O–H groups in total. The zero-order chi connectivity index (χ0) is 15.9. The van der Waals surface area contributed by atoms with Crippen LogP contribution in [0, 0.1) is 0 Å². The molecule has 2 amide bonds. The van der Waals surface area contributed by atoms with Crippen LogP contribution in [0.5, 0.6) is 0 Å². The number of carbonyl (C=O) groups is 2. The molecule has 0 aliphatic rings. The van der Waals surface area contributed by atoms with Crippen LogP contribution in [0.4, 0.5) is 4.79 Å². The zero-order valence-corrected chi connectivity index (χ0v) is 12.4. The third-order valence-corrected chi connectivity index (χ3v) is 3.66. The van der Waals surface area contributed by atoms with E-state index in [2.05, 4.69) is 10.6 Å². The van der Waals surface area contributed by atoms with Crippen molar-refractivity contribution < 1.29 is 23.1 Å². The molecule has 8 heteroatoms. The predicted molar refractivity (Wildman–Crippen MR) is 77.7 cm³/mol. The quantitative estimate of drug-likeness (QED) is 0.636.